The van der Waals surface area contributed by atoms with Crippen molar-refractivity contribution < 1.29 is 0 Å². The normalized spacial score (nSPS) is 11.8. The number of rotatable bonds is 7. The van der Waals surface area contributed by atoms with Crippen LogP contribution in [0.1, 0.15) is 0 Å². The standard InChI is InChI=1S/C67H41N5S/c1-4-15-42(16-5-1)47-34-37-58-56(39-47)63-51-22-11-10-17-44(51)33-38-59(63)72(58)60-26-14-24-55-54-36-31-48(41-62(54)73-64(55)60)43-27-29-46(30-28-43)66-68-65(45-18-6-2-7-19-45)69-67(70-66)49-32-35-53-52-23-12-13-25-57(52)71(61(53)40-49)50-20-8-3-9-21-50/h1-41H. The fourth-order valence-electron chi connectivity index (χ4n) is 11.1. The van der Waals surface area contributed by atoms with Gasteiger partial charge in [0.1, 0.15) is 0 Å². The third kappa shape index (κ3) is 6.72. The molecule has 0 N–H and O–H groups in total. The Kier molecular flexibility index (Phi) is 9.37. The smallest absolute Gasteiger partial charge is 0.164 e. The van der Waals surface area contributed by atoms with Crippen LogP contribution in [0.2, 0.25) is 0 Å². The van der Waals surface area contributed by atoms with Crippen molar-refractivity contribution in [3.63, 3.8) is 0 Å². The molecular weight excluding hydrogens is 907 g/mol. The van der Waals surface area contributed by atoms with Gasteiger partial charge in [-0.1, -0.05) is 194 Å². The molecule has 340 valence electrons. The molecule has 0 spiro atoms. The number of para-hydroxylation sites is 2. The van der Waals surface area contributed by atoms with Gasteiger partial charge in [0.15, 0.2) is 17.5 Å². The molecule has 0 saturated carbocycles. The predicted octanol–water partition coefficient (Wildman–Crippen LogP) is 17.9. The molecular formula is C67H41N5S. The molecule has 0 aliphatic carbocycles. The van der Waals surface area contributed by atoms with E-state index in [1.54, 1.807) is 0 Å². The molecule has 0 unspecified atom stereocenters. The Hall–Kier alpha value is -9.49. The molecule has 5 nitrogen and oxygen atoms in total. The third-order valence-electron chi connectivity index (χ3n) is 14.6. The zero-order valence-electron chi connectivity index (χ0n) is 39.3. The van der Waals surface area contributed by atoms with E-state index in [-0.39, 0.29) is 0 Å². The van der Waals surface area contributed by atoms with Gasteiger partial charge in [0.25, 0.3) is 0 Å². The van der Waals surface area contributed by atoms with Crippen LogP contribution in [0.25, 0.3) is 142 Å². The number of benzene rings is 11. The maximum absolute atomic E-state index is 5.20. The lowest BCUT2D eigenvalue weighted by Gasteiger charge is -2.11. The minimum Gasteiger partial charge on any atom is -0.309 e. The summed E-state index contributed by atoms with van der Waals surface area (Å²) in [5.74, 6) is 1.88. The number of hydrogen-bond acceptors (Lipinski definition) is 4. The quantitative estimate of drug-likeness (QED) is 0.160. The van der Waals surface area contributed by atoms with E-state index in [1.807, 2.05) is 29.5 Å². The minimum atomic E-state index is 0.625. The van der Waals surface area contributed by atoms with Crippen LogP contribution < -0.4 is 0 Å². The summed E-state index contributed by atoms with van der Waals surface area (Å²) < 4.78 is 7.34. The summed E-state index contributed by atoms with van der Waals surface area (Å²) in [6.45, 7) is 0. The van der Waals surface area contributed by atoms with Gasteiger partial charge in [-0.3, -0.25) is 0 Å². The van der Waals surface area contributed by atoms with Gasteiger partial charge in [-0.2, -0.15) is 0 Å². The van der Waals surface area contributed by atoms with Crippen LogP contribution in [-0.2, 0) is 0 Å². The first-order valence-corrected chi connectivity index (χ1v) is 25.5. The summed E-state index contributed by atoms with van der Waals surface area (Å²) in [6, 6.07) is 89.2. The average molecular weight is 948 g/mol. The lowest BCUT2D eigenvalue weighted by Crippen LogP contribution is -2.00. The SMILES string of the molecule is c1ccc(-c2ccc3c(c2)c2c4ccccc4ccc2n3-c2cccc3c2sc2cc(-c4ccc(-c5nc(-c6ccccc6)nc(-c6ccc7c8ccccc8n(-c8ccccc8)c7c6)n5)cc4)ccc23)cc1. The lowest BCUT2D eigenvalue weighted by molar-refractivity contribution is 1.07. The summed E-state index contributed by atoms with van der Waals surface area (Å²) in [5.41, 5.74) is 14.5. The van der Waals surface area contributed by atoms with E-state index in [0.717, 1.165) is 44.5 Å². The highest BCUT2D eigenvalue weighted by Crippen LogP contribution is 2.44. The lowest BCUT2D eigenvalue weighted by atomic mass is 10.0. The molecule has 6 heteroatoms. The Morgan fingerprint density at radius 1 is 0.288 bits per heavy atom. The van der Waals surface area contributed by atoms with Gasteiger partial charge in [0.05, 0.1) is 32.5 Å². The molecule has 0 amide bonds. The summed E-state index contributed by atoms with van der Waals surface area (Å²) in [4.78, 5) is 15.4. The van der Waals surface area contributed by atoms with Crippen molar-refractivity contribution in [3.05, 3.63) is 249 Å². The van der Waals surface area contributed by atoms with Crippen LogP contribution >= 0.6 is 11.3 Å². The van der Waals surface area contributed by atoms with Gasteiger partial charge < -0.3 is 9.13 Å². The van der Waals surface area contributed by atoms with Crippen LogP contribution in [-0.4, -0.2) is 24.1 Å². The molecule has 4 heterocycles. The zero-order chi connectivity index (χ0) is 48.0. The number of fused-ring (bicyclic) bond motifs is 11. The van der Waals surface area contributed by atoms with Crippen molar-refractivity contribution >= 4 is 85.9 Å². The Morgan fingerprint density at radius 3 is 1.62 bits per heavy atom. The Bertz CT molecular complexity index is 4650. The second kappa shape index (κ2) is 16.6. The minimum absolute atomic E-state index is 0.625. The van der Waals surface area contributed by atoms with E-state index in [0.29, 0.717) is 17.5 Å². The third-order valence-corrected chi connectivity index (χ3v) is 15.8. The molecule has 4 aromatic heterocycles. The van der Waals surface area contributed by atoms with Crippen LogP contribution in [0.15, 0.2) is 249 Å². The maximum Gasteiger partial charge on any atom is 0.164 e. The fourth-order valence-corrected chi connectivity index (χ4v) is 12.4. The first-order chi connectivity index (χ1) is 36.2. The summed E-state index contributed by atoms with van der Waals surface area (Å²) in [7, 11) is 0. The molecule has 0 radical (unpaired) electrons. The van der Waals surface area contributed by atoms with Crippen molar-refractivity contribution in [1.82, 2.24) is 24.1 Å². The molecule has 0 atom stereocenters. The van der Waals surface area contributed by atoms with Crippen molar-refractivity contribution in [3.8, 4) is 67.8 Å². The molecule has 0 aliphatic heterocycles. The predicted molar refractivity (Wildman–Crippen MR) is 306 cm³/mol. The monoisotopic (exact) mass is 947 g/mol. The second-order valence-electron chi connectivity index (χ2n) is 18.8. The average Bonchev–Trinajstić information content (AvgIpc) is 4.15. The van der Waals surface area contributed by atoms with Crippen LogP contribution in [0.3, 0.4) is 0 Å². The van der Waals surface area contributed by atoms with E-state index in [2.05, 4.69) is 240 Å². The fraction of sp³-hybridized carbons (Fsp3) is 0. The molecule has 0 aliphatic rings. The Balaban J connectivity index is 0.823. The van der Waals surface area contributed by atoms with Crippen LogP contribution in [0.5, 0.6) is 0 Å². The van der Waals surface area contributed by atoms with E-state index < -0.39 is 0 Å². The van der Waals surface area contributed by atoms with Crippen molar-refractivity contribution in [2.75, 3.05) is 0 Å². The van der Waals surface area contributed by atoms with Crippen LogP contribution in [0.4, 0.5) is 0 Å². The number of nitrogens with zero attached hydrogens (tertiary/aromatic N) is 5. The van der Waals surface area contributed by atoms with Crippen molar-refractivity contribution in [1.29, 1.82) is 0 Å². The van der Waals surface area contributed by atoms with Gasteiger partial charge in [-0.05, 0) is 87.6 Å². The molecule has 15 rings (SSSR count). The van der Waals surface area contributed by atoms with E-state index in [9.17, 15) is 0 Å². The highest BCUT2D eigenvalue weighted by molar-refractivity contribution is 7.26. The second-order valence-corrected chi connectivity index (χ2v) is 19.8. The van der Waals surface area contributed by atoms with Gasteiger partial charge in [-0.25, -0.2) is 15.0 Å². The maximum atomic E-state index is 5.20. The molecule has 73 heavy (non-hydrogen) atoms. The molecule has 0 bridgehead atoms. The van der Waals surface area contributed by atoms with E-state index >= 15 is 0 Å². The van der Waals surface area contributed by atoms with E-state index in [1.165, 1.54) is 80.3 Å². The van der Waals surface area contributed by atoms with Gasteiger partial charge in [0, 0.05) is 59.4 Å². The highest BCUT2D eigenvalue weighted by Gasteiger charge is 2.21. The van der Waals surface area contributed by atoms with Gasteiger partial charge in [0.2, 0.25) is 0 Å². The summed E-state index contributed by atoms with van der Waals surface area (Å²) in [6.07, 6.45) is 0. The molecule has 11 aromatic carbocycles. The first kappa shape index (κ1) is 41.3. The highest BCUT2D eigenvalue weighted by atomic mass is 32.1. The molecule has 0 fully saturated rings. The van der Waals surface area contributed by atoms with Crippen molar-refractivity contribution in [2.24, 2.45) is 0 Å². The molecule has 0 saturated heterocycles. The molecule has 15 aromatic rings. The summed E-state index contributed by atoms with van der Waals surface area (Å²) >= 11 is 1.87. The van der Waals surface area contributed by atoms with Gasteiger partial charge in [-0.15, -0.1) is 11.3 Å². The topological polar surface area (TPSA) is 48.5 Å². The number of thiophene rings is 1. The Labute approximate surface area is 424 Å². The van der Waals surface area contributed by atoms with Crippen LogP contribution in [0, 0.1) is 0 Å². The van der Waals surface area contributed by atoms with Gasteiger partial charge >= 0.3 is 0 Å². The summed E-state index contributed by atoms with van der Waals surface area (Å²) in [5, 5.41) is 9.95. The largest absolute Gasteiger partial charge is 0.309 e. The zero-order valence-corrected chi connectivity index (χ0v) is 40.1. The van der Waals surface area contributed by atoms with Crippen molar-refractivity contribution in [2.45, 2.75) is 0 Å². The van der Waals surface area contributed by atoms with E-state index in [4.69, 9.17) is 15.0 Å². The number of hydrogen-bond donors (Lipinski definition) is 0. The number of aromatic nitrogens is 5. The first-order valence-electron chi connectivity index (χ1n) is 24.7. The Morgan fingerprint density at radius 2 is 0.822 bits per heavy atom.